The van der Waals surface area contributed by atoms with Gasteiger partial charge in [-0.15, -0.1) is 0 Å². The molecule has 8 nitrogen and oxygen atoms in total. The number of amides is 1. The summed E-state index contributed by atoms with van der Waals surface area (Å²) in [5.74, 6) is -0.789. The Morgan fingerprint density at radius 1 is 1.09 bits per heavy atom. The first-order valence-electron chi connectivity index (χ1n) is 10.1. The van der Waals surface area contributed by atoms with Crippen molar-refractivity contribution in [1.29, 1.82) is 0 Å². The van der Waals surface area contributed by atoms with Crippen molar-refractivity contribution in [3.05, 3.63) is 83.6 Å². The molecule has 0 unspecified atom stereocenters. The molecule has 0 aliphatic rings. The molecule has 0 aliphatic carbocycles. The Bertz CT molecular complexity index is 1320. The summed E-state index contributed by atoms with van der Waals surface area (Å²) >= 11 is 0. The second-order valence-electron chi connectivity index (χ2n) is 7.30. The van der Waals surface area contributed by atoms with Crippen molar-refractivity contribution in [1.82, 2.24) is 14.8 Å². The van der Waals surface area contributed by atoms with Crippen LogP contribution in [0.4, 0.5) is 10.1 Å². The van der Waals surface area contributed by atoms with Crippen LogP contribution >= 0.6 is 0 Å². The summed E-state index contributed by atoms with van der Waals surface area (Å²) in [4.78, 5) is 28.1. The number of aromatic nitrogens is 3. The van der Waals surface area contributed by atoms with E-state index < -0.39 is 17.7 Å². The molecule has 168 valence electrons. The van der Waals surface area contributed by atoms with Crippen LogP contribution in [-0.4, -0.2) is 40.9 Å². The van der Waals surface area contributed by atoms with Crippen molar-refractivity contribution in [2.24, 2.45) is 0 Å². The number of nitrogens with zero attached hydrogens (tertiary/aromatic N) is 3. The Hall–Kier alpha value is -4.27. The number of esters is 1. The predicted octanol–water partition coefficient (Wildman–Crippen LogP) is 3.60. The zero-order valence-corrected chi connectivity index (χ0v) is 18.0. The zero-order chi connectivity index (χ0) is 23.4. The molecule has 33 heavy (non-hydrogen) atoms. The van der Waals surface area contributed by atoms with E-state index in [0.29, 0.717) is 23.1 Å². The van der Waals surface area contributed by atoms with Gasteiger partial charge in [0.05, 0.1) is 38.9 Å². The van der Waals surface area contributed by atoms with Gasteiger partial charge in [0.25, 0.3) is 0 Å². The largest absolute Gasteiger partial charge is 0.497 e. The monoisotopic (exact) mass is 448 g/mol. The fraction of sp³-hybridized carbons (Fsp3) is 0.167. The molecule has 0 spiro atoms. The van der Waals surface area contributed by atoms with Gasteiger partial charge in [0.1, 0.15) is 17.3 Å². The molecule has 2 aromatic heterocycles. The lowest BCUT2D eigenvalue weighted by atomic mass is 10.1. The number of rotatable bonds is 7. The molecule has 4 rings (SSSR count). The number of fused-ring (bicyclic) bond motifs is 1. The Labute approximate surface area is 189 Å². The van der Waals surface area contributed by atoms with Crippen molar-refractivity contribution in [2.45, 2.75) is 13.0 Å². The van der Waals surface area contributed by atoms with Crippen LogP contribution in [-0.2, 0) is 22.5 Å². The van der Waals surface area contributed by atoms with Crippen LogP contribution in [0.3, 0.4) is 0 Å². The molecular formula is C24H21FN4O4. The van der Waals surface area contributed by atoms with Gasteiger partial charge in [-0.3, -0.25) is 9.48 Å². The van der Waals surface area contributed by atoms with Crippen molar-refractivity contribution in [3.63, 3.8) is 0 Å². The maximum Gasteiger partial charge on any atom is 0.356 e. The summed E-state index contributed by atoms with van der Waals surface area (Å²) in [5, 5.41) is 7.66. The molecule has 0 aliphatic heterocycles. The van der Waals surface area contributed by atoms with E-state index in [-0.39, 0.29) is 17.7 Å². The van der Waals surface area contributed by atoms with E-state index in [9.17, 15) is 14.0 Å². The second-order valence-corrected chi connectivity index (χ2v) is 7.30. The van der Waals surface area contributed by atoms with E-state index in [1.807, 2.05) is 24.3 Å². The Balaban J connectivity index is 1.52. The molecule has 1 amide bonds. The topological polar surface area (TPSA) is 95.3 Å². The van der Waals surface area contributed by atoms with Gasteiger partial charge in [-0.05, 0) is 47.5 Å². The number of benzene rings is 2. The number of methoxy groups -OCH3 is 2. The summed E-state index contributed by atoms with van der Waals surface area (Å²) < 4.78 is 26.2. The van der Waals surface area contributed by atoms with Crippen molar-refractivity contribution >= 4 is 28.5 Å². The van der Waals surface area contributed by atoms with Crippen LogP contribution in [0.15, 0.2) is 60.9 Å². The highest BCUT2D eigenvalue weighted by Gasteiger charge is 2.14. The highest BCUT2D eigenvalue weighted by Crippen LogP contribution is 2.22. The molecule has 2 heterocycles. The summed E-state index contributed by atoms with van der Waals surface area (Å²) in [7, 11) is 2.85. The molecular weight excluding hydrogens is 427 g/mol. The minimum absolute atomic E-state index is 0.0605. The quantitative estimate of drug-likeness (QED) is 0.434. The zero-order valence-electron chi connectivity index (χ0n) is 18.0. The highest BCUT2D eigenvalue weighted by atomic mass is 19.1. The van der Waals surface area contributed by atoms with Crippen LogP contribution in [0, 0.1) is 5.82 Å². The fourth-order valence-corrected chi connectivity index (χ4v) is 3.41. The van der Waals surface area contributed by atoms with Crippen molar-refractivity contribution in [3.8, 4) is 5.75 Å². The van der Waals surface area contributed by atoms with E-state index in [4.69, 9.17) is 4.74 Å². The lowest BCUT2D eigenvalue weighted by Gasteiger charge is -2.09. The Morgan fingerprint density at radius 3 is 2.61 bits per heavy atom. The SMILES string of the molecule is COC(=O)c1cc(NC(=O)Cc2cc3c(cnn3Cc3ccc(OC)cc3)cc2F)ccn1. The highest BCUT2D eigenvalue weighted by molar-refractivity contribution is 5.95. The summed E-state index contributed by atoms with van der Waals surface area (Å²) in [5.41, 5.74) is 2.38. The lowest BCUT2D eigenvalue weighted by molar-refractivity contribution is -0.115. The molecule has 9 heteroatoms. The van der Waals surface area contributed by atoms with Crippen LogP contribution in [0.1, 0.15) is 21.6 Å². The van der Waals surface area contributed by atoms with E-state index in [1.165, 1.54) is 31.5 Å². The molecule has 1 N–H and O–H groups in total. The smallest absolute Gasteiger partial charge is 0.356 e. The van der Waals surface area contributed by atoms with Gasteiger partial charge in [-0.25, -0.2) is 14.2 Å². The number of anilines is 1. The number of ether oxygens (including phenoxy) is 2. The first-order chi connectivity index (χ1) is 16.0. The van der Waals surface area contributed by atoms with Gasteiger partial charge in [0.15, 0.2) is 0 Å². The molecule has 0 fully saturated rings. The average molecular weight is 448 g/mol. The predicted molar refractivity (Wildman–Crippen MR) is 120 cm³/mol. The summed E-state index contributed by atoms with van der Waals surface area (Å²) in [6.45, 7) is 0.484. The molecule has 0 radical (unpaired) electrons. The van der Waals surface area contributed by atoms with Gasteiger partial charge in [-0.2, -0.15) is 5.10 Å². The number of hydrogen-bond donors (Lipinski definition) is 1. The number of carbonyl (C=O) groups is 2. The van der Waals surface area contributed by atoms with E-state index >= 15 is 0 Å². The Morgan fingerprint density at radius 2 is 1.88 bits per heavy atom. The first kappa shape index (κ1) is 21.9. The third kappa shape index (κ3) is 4.98. The van der Waals surface area contributed by atoms with Crippen LogP contribution in [0.5, 0.6) is 5.75 Å². The average Bonchev–Trinajstić information content (AvgIpc) is 3.20. The Kier molecular flexibility index (Phi) is 6.30. The van der Waals surface area contributed by atoms with Crippen molar-refractivity contribution in [2.75, 3.05) is 19.5 Å². The standard InChI is InChI=1S/C24H21FN4O4/c1-32-19-5-3-15(4-6-19)14-29-22-10-16(20(25)9-17(22)13-27-29)11-23(30)28-18-7-8-26-21(12-18)24(31)33-2/h3-10,12-13H,11,14H2,1-2H3,(H,26,28,30). The number of carbonyl (C=O) groups excluding carboxylic acids is 2. The lowest BCUT2D eigenvalue weighted by Crippen LogP contribution is -2.16. The van der Waals surface area contributed by atoms with E-state index in [1.54, 1.807) is 24.1 Å². The van der Waals surface area contributed by atoms with Crippen LogP contribution < -0.4 is 10.1 Å². The molecule has 0 saturated heterocycles. The van der Waals surface area contributed by atoms with Crippen LogP contribution in [0.25, 0.3) is 10.9 Å². The molecule has 0 atom stereocenters. The normalized spacial score (nSPS) is 10.8. The van der Waals surface area contributed by atoms with Gasteiger partial charge in [0.2, 0.25) is 5.91 Å². The third-order valence-corrected chi connectivity index (χ3v) is 5.09. The van der Waals surface area contributed by atoms with Gasteiger partial charge in [-0.1, -0.05) is 12.1 Å². The molecule has 0 saturated carbocycles. The summed E-state index contributed by atoms with van der Waals surface area (Å²) in [6.07, 6.45) is 2.79. The van der Waals surface area contributed by atoms with Gasteiger partial charge < -0.3 is 14.8 Å². The van der Waals surface area contributed by atoms with Gasteiger partial charge >= 0.3 is 5.97 Å². The number of pyridine rings is 1. The minimum atomic E-state index is -0.618. The number of halogens is 1. The maximum absolute atomic E-state index is 14.7. The fourth-order valence-electron chi connectivity index (χ4n) is 3.41. The van der Waals surface area contributed by atoms with Gasteiger partial charge in [0, 0.05) is 17.3 Å². The molecule has 2 aromatic carbocycles. The summed E-state index contributed by atoms with van der Waals surface area (Å²) in [6, 6.07) is 13.5. The maximum atomic E-state index is 14.7. The van der Waals surface area contributed by atoms with E-state index in [2.05, 4.69) is 20.1 Å². The van der Waals surface area contributed by atoms with E-state index in [0.717, 1.165) is 11.3 Å². The molecule has 0 bridgehead atoms. The third-order valence-electron chi connectivity index (χ3n) is 5.09. The van der Waals surface area contributed by atoms with Crippen molar-refractivity contribution < 1.29 is 23.5 Å². The molecule has 4 aromatic rings. The number of hydrogen-bond acceptors (Lipinski definition) is 6. The minimum Gasteiger partial charge on any atom is -0.497 e. The number of nitrogens with one attached hydrogen (secondary N) is 1. The van der Waals surface area contributed by atoms with Crippen LogP contribution in [0.2, 0.25) is 0 Å². The first-order valence-corrected chi connectivity index (χ1v) is 10.1. The second kappa shape index (κ2) is 9.47.